The molecular formula is C28H26ClN5O2S. The van der Waals surface area contributed by atoms with Gasteiger partial charge < -0.3 is 15.2 Å². The summed E-state index contributed by atoms with van der Waals surface area (Å²) in [4.78, 5) is 32.8. The molecule has 0 atom stereocenters. The summed E-state index contributed by atoms with van der Waals surface area (Å²) < 4.78 is 2.76. The van der Waals surface area contributed by atoms with Gasteiger partial charge in [0.15, 0.2) is 11.4 Å². The number of nitrogens with one attached hydrogen (secondary N) is 2. The van der Waals surface area contributed by atoms with Crippen molar-refractivity contribution in [2.75, 3.05) is 17.7 Å². The zero-order chi connectivity index (χ0) is 26.2. The number of carbonyl (C=O) groups is 1. The monoisotopic (exact) mass is 531 g/mol. The van der Waals surface area contributed by atoms with Crippen LogP contribution in [0, 0.1) is 6.92 Å². The Morgan fingerprint density at radius 1 is 1.05 bits per heavy atom. The SMILES string of the molecule is CNc1nc2ccccc2s1.Cc1c(C=O)c(NCc2ccccc2)cc(=O)n1Cc1cc(Cl)ccn1. The molecule has 2 N–H and O–H groups in total. The summed E-state index contributed by atoms with van der Waals surface area (Å²) in [6.45, 7) is 2.54. The van der Waals surface area contributed by atoms with Crippen molar-refractivity contribution in [2.24, 2.45) is 0 Å². The van der Waals surface area contributed by atoms with Crippen molar-refractivity contribution in [2.45, 2.75) is 20.0 Å². The van der Waals surface area contributed by atoms with Crippen molar-refractivity contribution in [1.82, 2.24) is 14.5 Å². The molecule has 5 aromatic rings. The molecule has 0 aliphatic rings. The second-order valence-corrected chi connectivity index (χ2v) is 9.61. The molecule has 0 saturated heterocycles. The molecule has 0 fully saturated rings. The largest absolute Gasteiger partial charge is 0.380 e. The summed E-state index contributed by atoms with van der Waals surface area (Å²) >= 11 is 7.66. The first-order valence-electron chi connectivity index (χ1n) is 11.6. The van der Waals surface area contributed by atoms with Crippen LogP contribution in [0.25, 0.3) is 10.2 Å². The number of hydrogen-bond acceptors (Lipinski definition) is 7. The number of thiazole rings is 1. The lowest BCUT2D eigenvalue weighted by Crippen LogP contribution is -2.25. The topological polar surface area (TPSA) is 88.9 Å². The molecule has 188 valence electrons. The van der Waals surface area contributed by atoms with E-state index in [-0.39, 0.29) is 12.1 Å². The van der Waals surface area contributed by atoms with Gasteiger partial charge in [-0.25, -0.2) is 4.98 Å². The molecule has 7 nitrogen and oxygen atoms in total. The summed E-state index contributed by atoms with van der Waals surface area (Å²) in [7, 11) is 1.89. The molecule has 0 unspecified atom stereocenters. The van der Waals surface area contributed by atoms with Gasteiger partial charge in [-0.2, -0.15) is 0 Å². The first-order chi connectivity index (χ1) is 18.0. The average Bonchev–Trinajstić information content (AvgIpc) is 3.34. The molecule has 0 bridgehead atoms. The lowest BCUT2D eigenvalue weighted by atomic mass is 10.1. The van der Waals surface area contributed by atoms with Crippen LogP contribution in [0.1, 0.15) is 27.3 Å². The van der Waals surface area contributed by atoms with E-state index < -0.39 is 0 Å². The fraction of sp³-hybridized carbons (Fsp3) is 0.143. The van der Waals surface area contributed by atoms with Crippen LogP contribution in [-0.2, 0) is 13.1 Å². The standard InChI is InChI=1S/C20H18ClN3O2.C8H8N2S/c1-14-18(13-25)19(23-11-15-5-3-2-4-6-15)10-20(26)24(14)12-17-9-16(21)7-8-22-17;1-9-8-10-6-4-2-3-5-7(6)11-8/h2-10,13,23H,11-12H2,1H3;2-5H,1H3,(H,9,10). The molecule has 9 heteroatoms. The third kappa shape index (κ3) is 6.61. The van der Waals surface area contributed by atoms with Crippen molar-refractivity contribution < 1.29 is 4.79 Å². The minimum atomic E-state index is -0.203. The van der Waals surface area contributed by atoms with Gasteiger partial charge in [-0.3, -0.25) is 14.6 Å². The normalized spacial score (nSPS) is 10.5. The molecule has 0 aliphatic carbocycles. The summed E-state index contributed by atoms with van der Waals surface area (Å²) in [6, 6.07) is 22.7. The molecule has 0 saturated carbocycles. The third-order valence-electron chi connectivity index (χ3n) is 5.67. The predicted octanol–water partition coefficient (Wildman–Crippen LogP) is 6.02. The highest BCUT2D eigenvalue weighted by Gasteiger charge is 2.13. The summed E-state index contributed by atoms with van der Waals surface area (Å²) in [6.07, 6.45) is 2.36. The van der Waals surface area contributed by atoms with Gasteiger partial charge in [-0.1, -0.05) is 65.4 Å². The Morgan fingerprint density at radius 3 is 2.51 bits per heavy atom. The lowest BCUT2D eigenvalue weighted by molar-refractivity contribution is 0.112. The molecule has 37 heavy (non-hydrogen) atoms. The van der Waals surface area contributed by atoms with E-state index in [1.165, 1.54) is 15.3 Å². The zero-order valence-corrected chi connectivity index (χ0v) is 22.0. The van der Waals surface area contributed by atoms with Crippen LogP contribution >= 0.6 is 22.9 Å². The van der Waals surface area contributed by atoms with Crippen LogP contribution in [0.2, 0.25) is 5.02 Å². The van der Waals surface area contributed by atoms with E-state index in [0.717, 1.165) is 22.5 Å². The van der Waals surface area contributed by atoms with Crippen molar-refractivity contribution in [1.29, 1.82) is 0 Å². The van der Waals surface area contributed by atoms with Crippen LogP contribution in [0.5, 0.6) is 0 Å². The Balaban J connectivity index is 0.000000241. The molecule has 2 aromatic carbocycles. The number of carbonyl (C=O) groups excluding carboxylic acids is 1. The maximum atomic E-state index is 12.6. The highest BCUT2D eigenvalue weighted by atomic mass is 35.5. The number of aldehydes is 1. The van der Waals surface area contributed by atoms with Crippen LogP contribution < -0.4 is 16.2 Å². The lowest BCUT2D eigenvalue weighted by Gasteiger charge is -2.16. The molecule has 0 spiro atoms. The Kier molecular flexibility index (Phi) is 8.66. The highest BCUT2D eigenvalue weighted by Crippen LogP contribution is 2.24. The summed E-state index contributed by atoms with van der Waals surface area (Å²) in [5.41, 5.74) is 4.17. The predicted molar refractivity (Wildman–Crippen MR) is 152 cm³/mol. The third-order valence-corrected chi connectivity index (χ3v) is 6.96. The van der Waals surface area contributed by atoms with Crippen molar-refractivity contribution >= 4 is 50.3 Å². The first kappa shape index (κ1) is 26.1. The number of hydrogen-bond donors (Lipinski definition) is 2. The zero-order valence-electron chi connectivity index (χ0n) is 20.4. The van der Waals surface area contributed by atoms with Crippen LogP contribution in [-0.4, -0.2) is 27.9 Å². The molecule has 0 amide bonds. The Bertz CT molecular complexity index is 1530. The van der Waals surface area contributed by atoms with Crippen molar-refractivity contribution in [3.05, 3.63) is 117 Å². The fourth-order valence-electron chi connectivity index (χ4n) is 3.75. The van der Waals surface area contributed by atoms with Gasteiger partial charge in [0.05, 0.1) is 33.7 Å². The van der Waals surface area contributed by atoms with Crippen molar-refractivity contribution in [3.8, 4) is 0 Å². The van der Waals surface area contributed by atoms with Gasteiger partial charge in [-0.15, -0.1) is 0 Å². The number of para-hydroxylation sites is 1. The number of rotatable bonds is 7. The van der Waals surface area contributed by atoms with E-state index in [4.69, 9.17) is 11.6 Å². The van der Waals surface area contributed by atoms with Gasteiger partial charge in [0.1, 0.15) is 0 Å². The van der Waals surface area contributed by atoms with Crippen molar-refractivity contribution in [3.63, 3.8) is 0 Å². The van der Waals surface area contributed by atoms with E-state index >= 15 is 0 Å². The number of fused-ring (bicyclic) bond motifs is 1. The van der Waals surface area contributed by atoms with E-state index in [0.29, 0.717) is 34.2 Å². The fourth-order valence-corrected chi connectivity index (χ4v) is 4.75. The Hall–Kier alpha value is -4.01. The first-order valence-corrected chi connectivity index (χ1v) is 12.8. The summed E-state index contributed by atoms with van der Waals surface area (Å²) in [5.74, 6) is 0. The van der Waals surface area contributed by atoms with Gasteiger partial charge in [0, 0.05) is 36.6 Å². The maximum Gasteiger partial charge on any atom is 0.253 e. The minimum Gasteiger partial charge on any atom is -0.380 e. The van der Waals surface area contributed by atoms with E-state index in [1.807, 2.05) is 55.6 Å². The van der Waals surface area contributed by atoms with E-state index in [2.05, 4.69) is 26.7 Å². The molecular weight excluding hydrogens is 506 g/mol. The molecule has 0 aliphatic heterocycles. The summed E-state index contributed by atoms with van der Waals surface area (Å²) in [5, 5.41) is 7.74. The number of halogens is 1. The van der Waals surface area contributed by atoms with E-state index in [1.54, 1.807) is 36.6 Å². The Labute approximate surface area is 223 Å². The number of nitrogens with zero attached hydrogens (tertiary/aromatic N) is 3. The van der Waals surface area contributed by atoms with Crippen LogP contribution in [0.4, 0.5) is 10.8 Å². The highest BCUT2D eigenvalue weighted by molar-refractivity contribution is 7.22. The molecule has 5 rings (SSSR count). The average molecular weight is 532 g/mol. The maximum absolute atomic E-state index is 12.6. The number of aromatic nitrogens is 3. The van der Waals surface area contributed by atoms with Gasteiger partial charge >= 0.3 is 0 Å². The van der Waals surface area contributed by atoms with Crippen LogP contribution in [0.3, 0.4) is 0 Å². The molecule has 0 radical (unpaired) electrons. The second kappa shape index (κ2) is 12.3. The second-order valence-electron chi connectivity index (χ2n) is 8.14. The molecule has 3 heterocycles. The van der Waals surface area contributed by atoms with Gasteiger partial charge in [-0.05, 0) is 36.8 Å². The number of pyridine rings is 2. The smallest absolute Gasteiger partial charge is 0.253 e. The number of benzene rings is 2. The van der Waals surface area contributed by atoms with Crippen LogP contribution in [0.15, 0.2) is 83.8 Å². The molecule has 3 aromatic heterocycles. The van der Waals surface area contributed by atoms with Gasteiger partial charge in [0.25, 0.3) is 5.56 Å². The van der Waals surface area contributed by atoms with E-state index in [9.17, 15) is 9.59 Å². The minimum absolute atomic E-state index is 0.203. The number of anilines is 2. The Morgan fingerprint density at radius 2 is 1.81 bits per heavy atom. The quantitative estimate of drug-likeness (QED) is 0.250. The van der Waals surface area contributed by atoms with Gasteiger partial charge in [0.2, 0.25) is 0 Å².